The van der Waals surface area contributed by atoms with E-state index in [9.17, 15) is 15.0 Å². The average molecular weight is 730 g/mol. The van der Waals surface area contributed by atoms with Crippen molar-refractivity contribution in [3.8, 4) is 17.6 Å². The van der Waals surface area contributed by atoms with Crippen molar-refractivity contribution < 1.29 is 24.0 Å². The van der Waals surface area contributed by atoms with Crippen LogP contribution in [0.3, 0.4) is 0 Å². The number of aromatic nitrogens is 3. The van der Waals surface area contributed by atoms with Gasteiger partial charge in [0.1, 0.15) is 35.0 Å². The van der Waals surface area contributed by atoms with Crippen molar-refractivity contribution in [2.75, 3.05) is 14.2 Å². The third-order valence-corrected chi connectivity index (χ3v) is 10.9. The molecule has 0 aliphatic heterocycles. The molecule has 2 aromatic heterocycles. The largest absolute Gasteiger partial charge is 0.497 e. The monoisotopic (exact) mass is 729 g/mol. The third kappa shape index (κ3) is 8.37. The summed E-state index contributed by atoms with van der Waals surface area (Å²) in [6.45, 7) is 6.50. The SMILES string of the molecule is COc1ccc(C(OCc2nc3cc(Cl)cnc3n2CCCC(C)(CCC#N)N(C(C)C)P(O)O)(c2ccccc2)c2ccc(OC)cc2)cc1. The molecule has 2 N–H and O–H groups in total. The molecule has 0 aliphatic carbocycles. The molecule has 51 heavy (non-hydrogen) atoms. The first-order valence-electron chi connectivity index (χ1n) is 16.9. The maximum absolute atomic E-state index is 10.4. The molecule has 12 heteroatoms. The first kappa shape index (κ1) is 38.2. The van der Waals surface area contributed by atoms with Gasteiger partial charge in [-0.3, -0.25) is 0 Å². The van der Waals surface area contributed by atoms with E-state index in [1.807, 2.05) is 87.5 Å². The number of nitriles is 1. The number of imidazole rings is 1. The van der Waals surface area contributed by atoms with Gasteiger partial charge in [0.25, 0.3) is 8.53 Å². The van der Waals surface area contributed by atoms with Crippen molar-refractivity contribution in [3.63, 3.8) is 0 Å². The summed E-state index contributed by atoms with van der Waals surface area (Å²) < 4.78 is 22.0. The van der Waals surface area contributed by atoms with Crippen LogP contribution < -0.4 is 9.47 Å². The molecule has 0 saturated carbocycles. The molecule has 0 amide bonds. The Labute approximate surface area is 306 Å². The Hall–Kier alpha value is -4.07. The molecular weight excluding hydrogens is 685 g/mol. The Balaban J connectivity index is 1.57. The summed E-state index contributed by atoms with van der Waals surface area (Å²) in [5.74, 6) is 2.12. The fourth-order valence-electron chi connectivity index (χ4n) is 6.97. The van der Waals surface area contributed by atoms with Gasteiger partial charge in [-0.25, -0.2) is 14.6 Å². The highest BCUT2D eigenvalue weighted by atomic mass is 35.5. The first-order valence-corrected chi connectivity index (χ1v) is 18.5. The standard InChI is InChI=1S/C39H45ClN5O5P/c1-28(2)45(51(46)47)38(3,21-9-23-41)22-10-24-44-36(43-35-25-32(40)26-42-37(35)44)27-50-39(29-11-7-6-8-12-29,30-13-17-33(48-4)18-14-30)31-15-19-34(49-5)20-16-31/h6-8,11-20,25-26,28,46-47H,9-10,21-22,24,27H2,1-5H3. The van der Waals surface area contributed by atoms with E-state index in [0.29, 0.717) is 54.2 Å². The molecular formula is C39H45ClN5O5P. The van der Waals surface area contributed by atoms with Crippen LogP contribution in [-0.4, -0.2) is 54.8 Å². The number of pyridine rings is 1. The number of hydrogen-bond donors (Lipinski definition) is 2. The van der Waals surface area contributed by atoms with E-state index in [4.69, 9.17) is 30.8 Å². The molecule has 0 fully saturated rings. The zero-order chi connectivity index (χ0) is 36.6. The highest BCUT2D eigenvalue weighted by Gasteiger charge is 2.39. The van der Waals surface area contributed by atoms with Crippen LogP contribution in [0.15, 0.2) is 91.1 Å². The maximum atomic E-state index is 10.4. The minimum atomic E-state index is -2.36. The number of benzene rings is 3. The van der Waals surface area contributed by atoms with Gasteiger partial charge in [-0.05, 0) is 87.1 Å². The van der Waals surface area contributed by atoms with Crippen LogP contribution in [0.2, 0.25) is 5.02 Å². The van der Waals surface area contributed by atoms with E-state index < -0.39 is 19.7 Å². The molecule has 5 rings (SSSR count). The van der Waals surface area contributed by atoms with Crippen molar-refractivity contribution in [2.24, 2.45) is 0 Å². The summed E-state index contributed by atoms with van der Waals surface area (Å²) in [6.07, 6.45) is 3.66. The molecule has 3 aromatic carbocycles. The van der Waals surface area contributed by atoms with Crippen molar-refractivity contribution in [3.05, 3.63) is 119 Å². The Bertz CT molecular complexity index is 1860. The molecule has 1 unspecified atom stereocenters. The molecule has 2 heterocycles. The number of ether oxygens (including phenoxy) is 3. The lowest BCUT2D eigenvalue weighted by Gasteiger charge is -2.44. The van der Waals surface area contributed by atoms with Crippen LogP contribution >= 0.6 is 20.1 Å². The van der Waals surface area contributed by atoms with E-state index in [1.54, 1.807) is 31.2 Å². The topological polar surface area (TPSA) is 126 Å². The highest BCUT2D eigenvalue weighted by Crippen LogP contribution is 2.45. The summed E-state index contributed by atoms with van der Waals surface area (Å²) >= 11 is 6.39. The molecule has 0 bridgehead atoms. The fraction of sp³-hybridized carbons (Fsp3) is 0.359. The lowest BCUT2D eigenvalue weighted by Crippen LogP contribution is -2.46. The van der Waals surface area contributed by atoms with Crippen LogP contribution in [0.1, 0.15) is 69.0 Å². The van der Waals surface area contributed by atoms with Gasteiger partial charge in [0.15, 0.2) is 5.65 Å². The number of methoxy groups -OCH3 is 2. The van der Waals surface area contributed by atoms with Gasteiger partial charge in [0, 0.05) is 30.7 Å². The van der Waals surface area contributed by atoms with Gasteiger partial charge in [0.2, 0.25) is 0 Å². The number of fused-ring (bicyclic) bond motifs is 1. The normalized spacial score (nSPS) is 13.1. The summed E-state index contributed by atoms with van der Waals surface area (Å²) in [6, 6.07) is 29.7. The molecule has 0 spiro atoms. The maximum Gasteiger partial charge on any atom is 0.253 e. The van der Waals surface area contributed by atoms with Gasteiger partial charge in [-0.15, -0.1) is 0 Å². The second kappa shape index (κ2) is 17.0. The molecule has 1 atom stereocenters. The Kier molecular flexibility index (Phi) is 12.7. The molecule has 268 valence electrons. The Morgan fingerprint density at radius 3 is 2.04 bits per heavy atom. The van der Waals surface area contributed by atoms with Crippen molar-refractivity contribution >= 4 is 31.3 Å². The molecule has 5 aromatic rings. The molecule has 10 nitrogen and oxygen atoms in total. The van der Waals surface area contributed by atoms with Gasteiger partial charge in [-0.1, -0.05) is 66.2 Å². The summed E-state index contributed by atoms with van der Waals surface area (Å²) in [5, 5.41) is 9.90. The van der Waals surface area contributed by atoms with Crippen LogP contribution in [0.5, 0.6) is 11.5 Å². The summed E-state index contributed by atoms with van der Waals surface area (Å²) in [5.41, 5.74) is 2.37. The smallest absolute Gasteiger partial charge is 0.253 e. The van der Waals surface area contributed by atoms with E-state index in [1.165, 1.54) is 0 Å². The number of aryl methyl sites for hydroxylation is 1. The van der Waals surface area contributed by atoms with Crippen LogP contribution in [0.4, 0.5) is 0 Å². The molecule has 0 radical (unpaired) electrons. The van der Waals surface area contributed by atoms with Gasteiger partial charge in [-0.2, -0.15) is 5.26 Å². The van der Waals surface area contributed by atoms with Crippen LogP contribution in [-0.2, 0) is 23.5 Å². The van der Waals surface area contributed by atoms with Crippen molar-refractivity contribution in [1.29, 1.82) is 5.26 Å². The van der Waals surface area contributed by atoms with Crippen LogP contribution in [0.25, 0.3) is 11.2 Å². The van der Waals surface area contributed by atoms with Crippen LogP contribution in [0, 0.1) is 11.3 Å². The minimum absolute atomic E-state index is 0.114. The van der Waals surface area contributed by atoms with E-state index in [2.05, 4.69) is 27.8 Å². The third-order valence-electron chi connectivity index (χ3n) is 9.33. The van der Waals surface area contributed by atoms with Gasteiger partial charge >= 0.3 is 0 Å². The average Bonchev–Trinajstić information content (AvgIpc) is 3.47. The lowest BCUT2D eigenvalue weighted by molar-refractivity contribution is -0.00446. The quantitative estimate of drug-likeness (QED) is 0.0717. The van der Waals surface area contributed by atoms with Gasteiger partial charge in [0.05, 0.1) is 25.3 Å². The number of hydrogen-bond acceptors (Lipinski definition) is 9. The minimum Gasteiger partial charge on any atom is -0.497 e. The Morgan fingerprint density at radius 1 is 0.922 bits per heavy atom. The first-order chi connectivity index (χ1) is 24.6. The van der Waals surface area contributed by atoms with E-state index >= 15 is 0 Å². The van der Waals surface area contributed by atoms with Gasteiger partial charge < -0.3 is 28.6 Å². The molecule has 0 saturated heterocycles. The summed E-state index contributed by atoms with van der Waals surface area (Å²) in [7, 11) is 0.927. The summed E-state index contributed by atoms with van der Waals surface area (Å²) in [4.78, 5) is 30.4. The second-order valence-electron chi connectivity index (χ2n) is 12.9. The lowest BCUT2D eigenvalue weighted by atomic mass is 9.80. The number of halogens is 1. The second-order valence-corrected chi connectivity index (χ2v) is 14.3. The fourth-order valence-corrected chi connectivity index (χ4v) is 8.17. The van der Waals surface area contributed by atoms with Crippen molar-refractivity contribution in [2.45, 2.75) is 76.8 Å². The Morgan fingerprint density at radius 2 is 1.51 bits per heavy atom. The number of rotatable bonds is 17. The van der Waals surface area contributed by atoms with E-state index in [0.717, 1.165) is 28.2 Å². The predicted octanol–water partition coefficient (Wildman–Crippen LogP) is 8.38. The highest BCUT2D eigenvalue weighted by molar-refractivity contribution is 7.42. The zero-order valence-electron chi connectivity index (χ0n) is 29.7. The predicted molar refractivity (Wildman–Crippen MR) is 200 cm³/mol. The number of nitrogens with zero attached hydrogens (tertiary/aromatic N) is 5. The zero-order valence-corrected chi connectivity index (χ0v) is 31.3. The van der Waals surface area contributed by atoms with E-state index in [-0.39, 0.29) is 12.6 Å². The van der Waals surface area contributed by atoms with Crippen molar-refractivity contribution in [1.82, 2.24) is 19.2 Å². The molecule has 0 aliphatic rings.